The zero-order chi connectivity index (χ0) is 25.2. The number of carbonyl (C=O) groups excluding carboxylic acids is 1. The molecule has 0 spiro atoms. The molecule has 1 amide bonds. The van der Waals surface area contributed by atoms with E-state index in [1.807, 2.05) is 0 Å². The zero-order valence-electron chi connectivity index (χ0n) is 19.7. The summed E-state index contributed by atoms with van der Waals surface area (Å²) >= 11 is 0. The fourth-order valence-corrected chi connectivity index (χ4v) is 4.95. The highest BCUT2D eigenvalue weighted by Gasteiger charge is 2.43. The average Bonchev–Trinajstić information content (AvgIpc) is 3.58. The van der Waals surface area contributed by atoms with E-state index in [9.17, 15) is 9.90 Å². The summed E-state index contributed by atoms with van der Waals surface area (Å²) in [5, 5.41) is 10.3. The van der Waals surface area contributed by atoms with Crippen molar-refractivity contribution in [2.75, 3.05) is 13.2 Å². The third-order valence-electron chi connectivity index (χ3n) is 6.81. The lowest BCUT2D eigenvalue weighted by atomic mass is 10.00. The Hall–Kier alpha value is -3.69. The average molecular weight is 491 g/mol. The molecule has 2 saturated heterocycles. The normalized spacial score (nSPS) is 19.4. The van der Waals surface area contributed by atoms with E-state index in [0.717, 1.165) is 17.7 Å². The Morgan fingerprint density at radius 3 is 2.50 bits per heavy atom. The van der Waals surface area contributed by atoms with E-state index in [0.29, 0.717) is 41.9 Å². The van der Waals surface area contributed by atoms with Gasteiger partial charge in [0.05, 0.1) is 24.4 Å². The van der Waals surface area contributed by atoms with Crippen molar-refractivity contribution in [3.63, 3.8) is 0 Å². The van der Waals surface area contributed by atoms with Gasteiger partial charge in [-0.3, -0.25) is 14.8 Å². The Balaban J connectivity index is 1.37. The monoisotopic (exact) mass is 491 g/mol. The van der Waals surface area contributed by atoms with Gasteiger partial charge in [0.15, 0.2) is 5.58 Å². The topological polar surface area (TPSA) is 88.7 Å². The molecule has 4 aromatic rings. The number of furan rings is 1. The summed E-state index contributed by atoms with van der Waals surface area (Å²) in [6.45, 7) is 4.02. The first-order valence-corrected chi connectivity index (χ1v) is 11.7. The SMILES string of the molecule is CC(C)(O)c1cc(-c2ccnc3cc(-c4cc(F)c(C(=O)N5C[C@@H]6C[C@H]5CO6)c(F)c4)oc23)ccn1. The molecule has 0 aliphatic carbocycles. The van der Waals surface area contributed by atoms with Crippen LogP contribution in [0.25, 0.3) is 33.6 Å². The molecular weight excluding hydrogens is 468 g/mol. The second-order valence-electron chi connectivity index (χ2n) is 9.79. The maximum Gasteiger partial charge on any atom is 0.260 e. The zero-order valence-corrected chi connectivity index (χ0v) is 19.7. The number of likely N-dealkylation sites (tertiary alicyclic amines) is 1. The number of nitrogens with zero attached hydrogens (tertiary/aromatic N) is 3. The molecule has 2 aliphatic heterocycles. The van der Waals surface area contributed by atoms with Crippen LogP contribution in [-0.2, 0) is 10.3 Å². The van der Waals surface area contributed by atoms with Crippen LogP contribution in [0.1, 0.15) is 36.3 Å². The van der Waals surface area contributed by atoms with Gasteiger partial charge in [-0.1, -0.05) is 0 Å². The van der Waals surface area contributed by atoms with Crippen LogP contribution in [0.15, 0.2) is 53.2 Å². The molecule has 7 nitrogen and oxygen atoms in total. The van der Waals surface area contributed by atoms with Crippen LogP contribution in [0.4, 0.5) is 8.78 Å². The Morgan fingerprint density at radius 1 is 1.08 bits per heavy atom. The molecule has 2 bridgehead atoms. The van der Waals surface area contributed by atoms with Crippen molar-refractivity contribution in [3.8, 4) is 22.5 Å². The van der Waals surface area contributed by atoms with Crippen LogP contribution in [0.3, 0.4) is 0 Å². The van der Waals surface area contributed by atoms with E-state index in [1.165, 1.54) is 4.90 Å². The second-order valence-corrected chi connectivity index (χ2v) is 9.79. The Kier molecular flexibility index (Phi) is 5.17. The van der Waals surface area contributed by atoms with E-state index in [1.54, 1.807) is 50.5 Å². The third kappa shape index (κ3) is 3.75. The maximum absolute atomic E-state index is 15.1. The second kappa shape index (κ2) is 8.18. The van der Waals surface area contributed by atoms with Crippen molar-refractivity contribution in [2.24, 2.45) is 0 Å². The fraction of sp³-hybridized carbons (Fsp3) is 0.296. The molecule has 2 fully saturated rings. The lowest BCUT2D eigenvalue weighted by Crippen LogP contribution is -2.42. The van der Waals surface area contributed by atoms with Gasteiger partial charge in [-0.15, -0.1) is 0 Å². The molecule has 184 valence electrons. The molecule has 0 unspecified atom stereocenters. The number of halogens is 2. The van der Waals surface area contributed by atoms with Crippen LogP contribution in [0, 0.1) is 11.6 Å². The van der Waals surface area contributed by atoms with Gasteiger partial charge in [0.2, 0.25) is 0 Å². The standard InChI is InChI=1S/C27H23F2N3O4/c1-27(2,34)23-9-14(3-5-31-23)18-4-6-30-21-11-22(36-25(18)21)15-7-19(28)24(20(29)8-15)26(33)32-12-17-10-16(32)13-35-17/h3-9,11,16-17,34H,10,12-13H2,1-2H3/t16-,17-/m0/s1. The van der Waals surface area contributed by atoms with Crippen molar-refractivity contribution in [3.05, 3.63) is 71.7 Å². The molecule has 5 heterocycles. The molecule has 2 aliphatic rings. The number of ether oxygens (including phenoxy) is 1. The van der Waals surface area contributed by atoms with E-state index in [2.05, 4.69) is 9.97 Å². The number of amides is 1. The number of hydrogen-bond acceptors (Lipinski definition) is 6. The van der Waals surface area contributed by atoms with Crippen LogP contribution < -0.4 is 0 Å². The first-order chi connectivity index (χ1) is 17.2. The van der Waals surface area contributed by atoms with Crippen LogP contribution in [-0.4, -0.2) is 51.2 Å². The Bertz CT molecular complexity index is 1490. The highest BCUT2D eigenvalue weighted by Crippen LogP contribution is 2.36. The number of aromatic nitrogens is 2. The molecule has 0 radical (unpaired) electrons. The number of fused-ring (bicyclic) bond motifs is 3. The van der Waals surface area contributed by atoms with Gasteiger partial charge in [-0.05, 0) is 56.2 Å². The van der Waals surface area contributed by atoms with Gasteiger partial charge in [-0.25, -0.2) is 8.78 Å². The largest absolute Gasteiger partial charge is 0.454 e. The van der Waals surface area contributed by atoms with E-state index >= 15 is 8.78 Å². The van der Waals surface area contributed by atoms with Crippen LogP contribution in [0.5, 0.6) is 0 Å². The number of rotatable bonds is 4. The summed E-state index contributed by atoms with van der Waals surface area (Å²) in [5.41, 5.74) is 1.30. The first-order valence-electron chi connectivity index (χ1n) is 11.7. The van der Waals surface area contributed by atoms with Crippen LogP contribution in [0.2, 0.25) is 0 Å². The van der Waals surface area contributed by atoms with Gasteiger partial charge >= 0.3 is 0 Å². The number of aliphatic hydroxyl groups is 1. The minimum absolute atomic E-state index is 0.0680. The Morgan fingerprint density at radius 2 is 1.83 bits per heavy atom. The van der Waals surface area contributed by atoms with Crippen molar-refractivity contribution in [1.29, 1.82) is 0 Å². The van der Waals surface area contributed by atoms with Crippen molar-refractivity contribution >= 4 is 17.0 Å². The number of benzene rings is 1. The lowest BCUT2D eigenvalue weighted by molar-refractivity contribution is 0.0253. The van der Waals surface area contributed by atoms with Crippen molar-refractivity contribution in [1.82, 2.24) is 14.9 Å². The van der Waals surface area contributed by atoms with Crippen molar-refractivity contribution < 1.29 is 27.8 Å². The molecule has 2 atom stereocenters. The summed E-state index contributed by atoms with van der Waals surface area (Å²) in [4.78, 5) is 23.0. The molecule has 0 saturated carbocycles. The van der Waals surface area contributed by atoms with Gasteiger partial charge in [0.1, 0.15) is 34.1 Å². The third-order valence-corrected chi connectivity index (χ3v) is 6.81. The molecule has 1 aromatic carbocycles. The number of hydrogen-bond donors (Lipinski definition) is 1. The molecule has 3 aromatic heterocycles. The van der Waals surface area contributed by atoms with Gasteiger partial charge < -0.3 is 19.2 Å². The molecule has 9 heteroatoms. The summed E-state index contributed by atoms with van der Waals surface area (Å²) in [6, 6.07) is 8.97. The quantitative estimate of drug-likeness (QED) is 0.446. The molecule has 6 rings (SSSR count). The summed E-state index contributed by atoms with van der Waals surface area (Å²) in [6.07, 6.45) is 3.83. The number of morpholine rings is 1. The van der Waals surface area contributed by atoms with Gasteiger partial charge in [-0.2, -0.15) is 0 Å². The molecule has 36 heavy (non-hydrogen) atoms. The molecule has 1 N–H and O–H groups in total. The van der Waals surface area contributed by atoms with E-state index in [4.69, 9.17) is 9.15 Å². The summed E-state index contributed by atoms with van der Waals surface area (Å²) in [5.74, 6) is -2.35. The minimum atomic E-state index is -1.13. The van der Waals surface area contributed by atoms with Gasteiger partial charge in [0, 0.05) is 36.1 Å². The predicted octanol–water partition coefficient (Wildman–Crippen LogP) is 4.68. The predicted molar refractivity (Wildman–Crippen MR) is 127 cm³/mol. The number of pyridine rings is 2. The van der Waals surface area contributed by atoms with E-state index < -0.39 is 28.7 Å². The minimum Gasteiger partial charge on any atom is -0.454 e. The lowest BCUT2D eigenvalue weighted by Gasteiger charge is -2.27. The smallest absolute Gasteiger partial charge is 0.260 e. The highest BCUT2D eigenvalue weighted by molar-refractivity contribution is 5.96. The maximum atomic E-state index is 15.1. The highest BCUT2D eigenvalue weighted by atomic mass is 19.1. The van der Waals surface area contributed by atoms with Crippen LogP contribution >= 0.6 is 0 Å². The van der Waals surface area contributed by atoms with Gasteiger partial charge in [0.25, 0.3) is 5.91 Å². The number of carbonyl (C=O) groups is 1. The Labute approximate surface area is 205 Å². The first kappa shape index (κ1) is 22.8. The fourth-order valence-electron chi connectivity index (χ4n) is 4.95. The van der Waals surface area contributed by atoms with Crippen molar-refractivity contribution in [2.45, 2.75) is 38.0 Å². The summed E-state index contributed by atoms with van der Waals surface area (Å²) in [7, 11) is 0. The summed E-state index contributed by atoms with van der Waals surface area (Å²) < 4.78 is 41.7. The van der Waals surface area contributed by atoms with E-state index in [-0.39, 0.29) is 23.5 Å². The molecular formula is C27H23F2N3O4.